The summed E-state index contributed by atoms with van der Waals surface area (Å²) in [5.41, 5.74) is 1.01. The van der Waals surface area contributed by atoms with E-state index in [0.717, 1.165) is 5.69 Å². The van der Waals surface area contributed by atoms with Crippen molar-refractivity contribution in [3.8, 4) is 0 Å². The Kier molecular flexibility index (Phi) is 4.69. The Morgan fingerprint density at radius 3 is 2.06 bits per heavy atom. The minimum absolute atomic E-state index is 0.0481. The lowest BCUT2D eigenvalue weighted by molar-refractivity contribution is 0.0643. The van der Waals surface area contributed by atoms with Gasteiger partial charge in [0.1, 0.15) is 0 Å². The lowest BCUT2D eigenvalue weighted by atomic mass is 10.2. The third kappa shape index (κ3) is 3.28. The van der Waals surface area contributed by atoms with Gasteiger partial charge in [-0.2, -0.15) is 0 Å². The van der Waals surface area contributed by atoms with Crippen LogP contribution in [0.2, 0.25) is 0 Å². The first-order valence-corrected chi connectivity index (χ1v) is 7.00. The molecule has 0 aromatic carbocycles. The van der Waals surface area contributed by atoms with Crippen molar-refractivity contribution in [2.75, 3.05) is 0 Å². The molecule has 0 aliphatic rings. The summed E-state index contributed by atoms with van der Waals surface area (Å²) in [4.78, 5) is 18.6. The molecule has 1 aromatic heterocycles. The largest absolute Gasteiger partial charge is 0.332 e. The van der Waals surface area contributed by atoms with Gasteiger partial charge in [-0.1, -0.05) is 13.8 Å². The molecule has 0 N–H and O–H groups in total. The van der Waals surface area contributed by atoms with E-state index < -0.39 is 0 Å². The second kappa shape index (κ2) is 5.63. The molecule has 0 spiro atoms. The maximum atomic E-state index is 12.3. The van der Waals surface area contributed by atoms with Gasteiger partial charge >= 0.3 is 0 Å². The average Bonchev–Trinajstić information content (AvgIpc) is 2.64. The number of carbonyl (C=O) groups excluding carboxylic acids is 1. The highest BCUT2D eigenvalue weighted by Crippen LogP contribution is 2.20. The smallest absolute Gasteiger partial charge is 0.283 e. The van der Waals surface area contributed by atoms with Crippen LogP contribution < -0.4 is 0 Å². The topological polar surface area (TPSA) is 33.2 Å². The van der Waals surface area contributed by atoms with E-state index in [2.05, 4.69) is 18.8 Å². The van der Waals surface area contributed by atoms with Crippen LogP contribution in [0.25, 0.3) is 0 Å². The molecule has 0 atom stereocenters. The maximum Gasteiger partial charge on any atom is 0.283 e. The fourth-order valence-electron chi connectivity index (χ4n) is 1.83. The van der Waals surface area contributed by atoms with Crippen molar-refractivity contribution in [2.24, 2.45) is 0 Å². The van der Waals surface area contributed by atoms with Crippen molar-refractivity contribution in [1.29, 1.82) is 0 Å². The highest BCUT2D eigenvalue weighted by Gasteiger charge is 2.24. The lowest BCUT2D eigenvalue weighted by Gasteiger charge is -2.29. The van der Waals surface area contributed by atoms with Gasteiger partial charge in [0.05, 0.1) is 5.69 Å². The molecule has 0 saturated heterocycles. The zero-order chi connectivity index (χ0) is 13.2. The zero-order valence-electron chi connectivity index (χ0n) is 11.5. The van der Waals surface area contributed by atoms with Crippen LogP contribution in [0.1, 0.15) is 63.0 Å². The van der Waals surface area contributed by atoms with Crippen LogP contribution >= 0.6 is 11.3 Å². The number of hydrogen-bond acceptors (Lipinski definition) is 3. The van der Waals surface area contributed by atoms with E-state index >= 15 is 0 Å². The Morgan fingerprint density at radius 1 is 1.18 bits per heavy atom. The molecule has 1 amide bonds. The third-order valence-corrected chi connectivity index (χ3v) is 3.49. The Labute approximate surface area is 108 Å². The summed E-state index contributed by atoms with van der Waals surface area (Å²) in [6.45, 7) is 12.3. The molecule has 17 heavy (non-hydrogen) atoms. The van der Waals surface area contributed by atoms with E-state index in [9.17, 15) is 4.79 Å². The van der Waals surface area contributed by atoms with Crippen LogP contribution in [-0.4, -0.2) is 27.9 Å². The van der Waals surface area contributed by atoms with Crippen molar-refractivity contribution in [3.05, 3.63) is 16.1 Å². The predicted molar refractivity (Wildman–Crippen MR) is 72.6 cm³/mol. The molecule has 0 bridgehead atoms. The molecule has 96 valence electrons. The van der Waals surface area contributed by atoms with Crippen molar-refractivity contribution in [1.82, 2.24) is 9.88 Å². The Bertz CT molecular complexity index is 375. The monoisotopic (exact) mass is 254 g/mol. The van der Waals surface area contributed by atoms with Crippen LogP contribution in [0.4, 0.5) is 0 Å². The molecule has 0 fully saturated rings. The van der Waals surface area contributed by atoms with Gasteiger partial charge in [0, 0.05) is 17.5 Å². The van der Waals surface area contributed by atoms with E-state index in [0.29, 0.717) is 10.9 Å². The van der Waals surface area contributed by atoms with Gasteiger partial charge in [-0.25, -0.2) is 4.98 Å². The minimum Gasteiger partial charge on any atom is -0.332 e. The molecule has 0 saturated carbocycles. The summed E-state index contributed by atoms with van der Waals surface area (Å²) in [6, 6.07) is 0.405. The number of carbonyl (C=O) groups is 1. The molecule has 0 radical (unpaired) electrons. The number of rotatable bonds is 4. The molecular weight excluding hydrogens is 232 g/mol. The normalized spacial score (nSPS) is 11.6. The van der Waals surface area contributed by atoms with E-state index in [1.807, 2.05) is 38.0 Å². The average molecular weight is 254 g/mol. The fourth-order valence-corrected chi connectivity index (χ4v) is 2.75. The van der Waals surface area contributed by atoms with E-state index in [1.165, 1.54) is 11.3 Å². The van der Waals surface area contributed by atoms with E-state index in [1.54, 1.807) is 0 Å². The first-order valence-electron chi connectivity index (χ1n) is 6.12. The van der Waals surface area contributed by atoms with Gasteiger partial charge in [0.25, 0.3) is 5.91 Å². The molecule has 4 heteroatoms. The second-order valence-corrected chi connectivity index (χ2v) is 5.99. The van der Waals surface area contributed by atoms with Crippen LogP contribution in [0.5, 0.6) is 0 Å². The van der Waals surface area contributed by atoms with Crippen LogP contribution in [-0.2, 0) is 0 Å². The molecule has 0 aliphatic carbocycles. The lowest BCUT2D eigenvalue weighted by Crippen LogP contribution is -2.42. The third-order valence-electron chi connectivity index (χ3n) is 2.64. The summed E-state index contributed by atoms with van der Waals surface area (Å²) in [6.07, 6.45) is 0. The first kappa shape index (κ1) is 14.2. The minimum atomic E-state index is 0.0481. The van der Waals surface area contributed by atoms with Gasteiger partial charge in [0.15, 0.2) is 5.01 Å². The zero-order valence-corrected chi connectivity index (χ0v) is 12.3. The molecule has 3 nitrogen and oxygen atoms in total. The van der Waals surface area contributed by atoms with Crippen LogP contribution in [0.15, 0.2) is 5.38 Å². The molecule has 1 heterocycles. The highest BCUT2D eigenvalue weighted by atomic mass is 32.1. The molecule has 0 aliphatic heterocycles. The standard InChI is InChI=1S/C13H22N2OS/c1-8(2)11-7-17-12(14-11)13(16)15(9(3)4)10(5)6/h7-10H,1-6H3. The molecular formula is C13H22N2OS. The summed E-state index contributed by atoms with van der Waals surface area (Å²) in [7, 11) is 0. The number of nitrogens with zero attached hydrogens (tertiary/aromatic N) is 2. The molecule has 1 rings (SSSR count). The fraction of sp³-hybridized carbons (Fsp3) is 0.692. The quantitative estimate of drug-likeness (QED) is 0.823. The Hall–Kier alpha value is -0.900. The van der Waals surface area contributed by atoms with Gasteiger partial charge in [-0.05, 0) is 33.6 Å². The van der Waals surface area contributed by atoms with Crippen molar-refractivity contribution < 1.29 is 4.79 Å². The summed E-state index contributed by atoms with van der Waals surface area (Å²) < 4.78 is 0. The van der Waals surface area contributed by atoms with Crippen molar-refractivity contribution in [2.45, 2.75) is 59.5 Å². The summed E-state index contributed by atoms with van der Waals surface area (Å²) >= 11 is 1.45. The van der Waals surface area contributed by atoms with Crippen molar-refractivity contribution in [3.63, 3.8) is 0 Å². The van der Waals surface area contributed by atoms with E-state index in [-0.39, 0.29) is 18.0 Å². The van der Waals surface area contributed by atoms with Gasteiger partial charge in [0.2, 0.25) is 0 Å². The number of thiazole rings is 1. The predicted octanol–water partition coefficient (Wildman–Crippen LogP) is 3.53. The first-order chi connectivity index (χ1) is 7.84. The van der Waals surface area contributed by atoms with Crippen LogP contribution in [0, 0.1) is 0 Å². The van der Waals surface area contributed by atoms with Crippen LogP contribution in [0.3, 0.4) is 0 Å². The van der Waals surface area contributed by atoms with Crippen molar-refractivity contribution >= 4 is 17.2 Å². The molecule has 0 unspecified atom stereocenters. The Balaban J connectivity index is 2.94. The van der Waals surface area contributed by atoms with E-state index in [4.69, 9.17) is 0 Å². The molecule has 1 aromatic rings. The number of hydrogen-bond donors (Lipinski definition) is 0. The maximum absolute atomic E-state index is 12.3. The number of aromatic nitrogens is 1. The highest BCUT2D eigenvalue weighted by molar-refractivity contribution is 7.11. The summed E-state index contributed by atoms with van der Waals surface area (Å²) in [5.74, 6) is 0.422. The SMILES string of the molecule is CC(C)c1csc(C(=O)N(C(C)C)C(C)C)n1. The Morgan fingerprint density at radius 2 is 1.71 bits per heavy atom. The number of amides is 1. The second-order valence-electron chi connectivity index (χ2n) is 5.13. The van der Waals surface area contributed by atoms with Gasteiger partial charge < -0.3 is 4.90 Å². The summed E-state index contributed by atoms with van der Waals surface area (Å²) in [5, 5.41) is 2.59. The van der Waals surface area contributed by atoms with Gasteiger partial charge in [-0.15, -0.1) is 11.3 Å². The van der Waals surface area contributed by atoms with Gasteiger partial charge in [-0.3, -0.25) is 4.79 Å².